The molecular formula is C24H23ClN2O4S. The van der Waals surface area contributed by atoms with Crippen LogP contribution in [0.4, 0.5) is 16.2 Å². The molecule has 1 unspecified atom stereocenters. The van der Waals surface area contributed by atoms with Crippen LogP contribution >= 0.6 is 23.4 Å². The molecule has 0 bridgehead atoms. The number of carbonyl (C=O) groups is 2. The standard InChI is InChI=1S/C24H23ClN2O4S/c1-30-23(28)21(16-32-22-14-8-6-12-19(22)26)27(20-13-7-5-11-18(20)25)24(29)31-15-17-9-3-2-4-10-17/h2-14,21H,15-16,26H2,1H3. The zero-order valence-corrected chi connectivity index (χ0v) is 19.0. The molecule has 2 N–H and O–H groups in total. The summed E-state index contributed by atoms with van der Waals surface area (Å²) in [5.74, 6) is -0.407. The Labute approximate surface area is 196 Å². The van der Waals surface area contributed by atoms with Gasteiger partial charge in [-0.3, -0.25) is 4.90 Å². The maximum Gasteiger partial charge on any atom is 0.415 e. The zero-order valence-electron chi connectivity index (χ0n) is 17.4. The van der Waals surface area contributed by atoms with Crippen LogP contribution in [0.3, 0.4) is 0 Å². The fourth-order valence-electron chi connectivity index (χ4n) is 2.99. The average Bonchev–Trinajstić information content (AvgIpc) is 2.82. The van der Waals surface area contributed by atoms with Gasteiger partial charge in [0.05, 0.1) is 17.8 Å². The molecule has 3 aromatic carbocycles. The fraction of sp³-hybridized carbons (Fsp3) is 0.167. The van der Waals surface area contributed by atoms with E-state index in [4.69, 9.17) is 26.8 Å². The third-order valence-corrected chi connectivity index (χ3v) is 6.10. The minimum Gasteiger partial charge on any atom is -0.467 e. The quantitative estimate of drug-likeness (QED) is 0.269. The molecule has 1 amide bonds. The molecule has 3 aromatic rings. The molecule has 0 radical (unpaired) electrons. The number of carbonyl (C=O) groups excluding carboxylic acids is 2. The van der Waals surface area contributed by atoms with E-state index < -0.39 is 18.1 Å². The monoisotopic (exact) mass is 470 g/mol. The number of ether oxygens (including phenoxy) is 2. The summed E-state index contributed by atoms with van der Waals surface area (Å²) >= 11 is 7.73. The first kappa shape index (κ1) is 23.5. The van der Waals surface area contributed by atoms with Crippen molar-refractivity contribution in [1.29, 1.82) is 0 Å². The molecule has 0 saturated heterocycles. The lowest BCUT2D eigenvalue weighted by molar-refractivity contribution is -0.141. The highest BCUT2D eigenvalue weighted by molar-refractivity contribution is 7.99. The van der Waals surface area contributed by atoms with Crippen molar-refractivity contribution in [2.24, 2.45) is 0 Å². The Kier molecular flexibility index (Phi) is 8.41. The van der Waals surface area contributed by atoms with Crippen LogP contribution in [0.25, 0.3) is 0 Å². The summed E-state index contributed by atoms with van der Waals surface area (Å²) < 4.78 is 10.5. The Morgan fingerprint density at radius 1 is 1.00 bits per heavy atom. The maximum absolute atomic E-state index is 13.2. The van der Waals surface area contributed by atoms with E-state index in [0.717, 1.165) is 10.5 Å². The summed E-state index contributed by atoms with van der Waals surface area (Å²) in [5, 5.41) is 0.308. The molecule has 1 atom stereocenters. The lowest BCUT2D eigenvalue weighted by atomic mass is 10.2. The molecule has 166 valence electrons. The minimum absolute atomic E-state index is 0.0489. The number of benzene rings is 3. The van der Waals surface area contributed by atoms with Crippen molar-refractivity contribution in [3.63, 3.8) is 0 Å². The predicted molar refractivity (Wildman–Crippen MR) is 128 cm³/mol. The number of para-hydroxylation sites is 2. The van der Waals surface area contributed by atoms with Gasteiger partial charge in [0.2, 0.25) is 0 Å². The third-order valence-electron chi connectivity index (χ3n) is 4.61. The second-order valence-corrected chi connectivity index (χ2v) is 8.22. The van der Waals surface area contributed by atoms with Crippen LogP contribution in [0, 0.1) is 0 Å². The van der Waals surface area contributed by atoms with Crippen molar-refractivity contribution in [2.75, 3.05) is 23.5 Å². The average molecular weight is 471 g/mol. The largest absolute Gasteiger partial charge is 0.467 e. The molecule has 32 heavy (non-hydrogen) atoms. The van der Waals surface area contributed by atoms with Crippen LogP contribution in [0.15, 0.2) is 83.8 Å². The number of amides is 1. The van der Waals surface area contributed by atoms with E-state index in [-0.39, 0.29) is 12.4 Å². The number of hydrogen-bond acceptors (Lipinski definition) is 6. The van der Waals surface area contributed by atoms with E-state index in [9.17, 15) is 9.59 Å². The number of anilines is 2. The number of halogens is 1. The molecule has 3 rings (SSSR count). The summed E-state index contributed by atoms with van der Waals surface area (Å²) in [4.78, 5) is 28.0. The molecule has 0 aliphatic carbocycles. The lowest BCUT2D eigenvalue weighted by Crippen LogP contribution is -2.48. The van der Waals surface area contributed by atoms with Crippen LogP contribution in [-0.4, -0.2) is 31.0 Å². The third kappa shape index (κ3) is 5.96. The minimum atomic E-state index is -0.993. The molecule has 0 aliphatic rings. The number of nitrogen functional groups attached to an aromatic ring is 1. The van der Waals surface area contributed by atoms with Crippen LogP contribution in [-0.2, 0) is 20.9 Å². The van der Waals surface area contributed by atoms with E-state index in [1.54, 1.807) is 30.3 Å². The number of methoxy groups -OCH3 is 1. The molecule has 6 nitrogen and oxygen atoms in total. The van der Waals surface area contributed by atoms with Crippen molar-refractivity contribution in [3.05, 3.63) is 89.4 Å². The second kappa shape index (κ2) is 11.5. The molecule has 0 fully saturated rings. The van der Waals surface area contributed by atoms with E-state index in [1.807, 2.05) is 48.5 Å². The van der Waals surface area contributed by atoms with Crippen molar-refractivity contribution in [3.8, 4) is 0 Å². The first-order valence-corrected chi connectivity index (χ1v) is 11.2. The highest BCUT2D eigenvalue weighted by Crippen LogP contribution is 2.32. The summed E-state index contributed by atoms with van der Waals surface area (Å²) in [6, 6.07) is 22.4. The molecular weight excluding hydrogens is 448 g/mol. The number of esters is 1. The Morgan fingerprint density at radius 3 is 2.34 bits per heavy atom. The Bertz CT molecular complexity index is 1060. The second-order valence-electron chi connectivity index (χ2n) is 6.75. The fourth-order valence-corrected chi connectivity index (χ4v) is 4.25. The van der Waals surface area contributed by atoms with Gasteiger partial charge in [0.25, 0.3) is 0 Å². The highest BCUT2D eigenvalue weighted by Gasteiger charge is 2.34. The smallest absolute Gasteiger partial charge is 0.415 e. The SMILES string of the molecule is COC(=O)C(CSc1ccccc1N)N(C(=O)OCc1ccccc1)c1ccccc1Cl. The molecule has 0 aliphatic heterocycles. The number of rotatable bonds is 8. The van der Waals surface area contributed by atoms with E-state index in [0.29, 0.717) is 16.4 Å². The van der Waals surface area contributed by atoms with Gasteiger partial charge < -0.3 is 15.2 Å². The van der Waals surface area contributed by atoms with Crippen molar-refractivity contribution < 1.29 is 19.1 Å². The summed E-state index contributed by atoms with van der Waals surface area (Å²) in [7, 11) is 1.27. The van der Waals surface area contributed by atoms with Crippen molar-refractivity contribution in [1.82, 2.24) is 0 Å². The molecule has 8 heteroatoms. The number of thioether (sulfide) groups is 1. The van der Waals surface area contributed by atoms with Gasteiger partial charge in [-0.1, -0.05) is 66.2 Å². The summed E-state index contributed by atoms with van der Waals surface area (Å²) in [6.45, 7) is 0.0489. The van der Waals surface area contributed by atoms with Crippen LogP contribution in [0.2, 0.25) is 5.02 Å². The Hall–Kier alpha value is -3.16. The lowest BCUT2D eigenvalue weighted by Gasteiger charge is -2.29. The summed E-state index contributed by atoms with van der Waals surface area (Å²) in [6.07, 6.45) is -0.709. The van der Waals surface area contributed by atoms with Crippen molar-refractivity contribution in [2.45, 2.75) is 17.5 Å². The van der Waals surface area contributed by atoms with Gasteiger partial charge in [0.15, 0.2) is 0 Å². The van der Waals surface area contributed by atoms with E-state index in [1.165, 1.54) is 23.8 Å². The van der Waals surface area contributed by atoms with E-state index >= 15 is 0 Å². The van der Waals surface area contributed by atoms with Gasteiger partial charge in [-0.05, 0) is 29.8 Å². The van der Waals surface area contributed by atoms with Gasteiger partial charge >= 0.3 is 12.1 Å². The number of nitrogens with zero attached hydrogens (tertiary/aromatic N) is 1. The van der Waals surface area contributed by atoms with Crippen LogP contribution in [0.5, 0.6) is 0 Å². The topological polar surface area (TPSA) is 81.9 Å². The molecule has 0 heterocycles. The Balaban J connectivity index is 1.90. The van der Waals surface area contributed by atoms with Gasteiger partial charge in [-0.25, -0.2) is 9.59 Å². The van der Waals surface area contributed by atoms with Crippen LogP contribution < -0.4 is 10.6 Å². The molecule has 0 spiro atoms. The predicted octanol–water partition coefficient (Wildman–Crippen LogP) is 5.40. The summed E-state index contributed by atoms with van der Waals surface area (Å²) in [5.41, 5.74) is 7.79. The van der Waals surface area contributed by atoms with Gasteiger partial charge in [0, 0.05) is 16.3 Å². The molecule has 0 aromatic heterocycles. The van der Waals surface area contributed by atoms with Gasteiger partial charge in [0.1, 0.15) is 12.6 Å². The number of nitrogens with two attached hydrogens (primary N) is 1. The van der Waals surface area contributed by atoms with Crippen molar-refractivity contribution >= 4 is 46.8 Å². The highest BCUT2D eigenvalue weighted by atomic mass is 35.5. The van der Waals surface area contributed by atoms with Gasteiger partial charge in [-0.15, -0.1) is 11.8 Å². The number of hydrogen-bond donors (Lipinski definition) is 1. The first-order valence-electron chi connectivity index (χ1n) is 9.81. The van der Waals surface area contributed by atoms with Crippen LogP contribution in [0.1, 0.15) is 5.56 Å². The normalized spacial score (nSPS) is 11.4. The molecule has 0 saturated carbocycles. The van der Waals surface area contributed by atoms with E-state index in [2.05, 4.69) is 0 Å². The zero-order chi connectivity index (χ0) is 22.9. The van der Waals surface area contributed by atoms with Gasteiger partial charge in [-0.2, -0.15) is 0 Å². The maximum atomic E-state index is 13.2. The Morgan fingerprint density at radius 2 is 1.66 bits per heavy atom. The first-order chi connectivity index (χ1) is 15.5.